The Morgan fingerprint density at radius 1 is 0.447 bits per heavy atom. The molecule has 0 radical (unpaired) electrons. The van der Waals surface area contributed by atoms with E-state index in [9.17, 15) is 0 Å². The molecule has 6 aromatic carbocycles. The van der Waals surface area contributed by atoms with Crippen LogP contribution in [0.2, 0.25) is 0 Å². The van der Waals surface area contributed by atoms with E-state index in [1.807, 2.05) is 24.4 Å². The molecule has 0 aliphatic heterocycles. The van der Waals surface area contributed by atoms with E-state index in [0.717, 1.165) is 39.7 Å². The van der Waals surface area contributed by atoms with Gasteiger partial charge in [-0.25, -0.2) is 4.98 Å². The summed E-state index contributed by atoms with van der Waals surface area (Å²) in [4.78, 5) is 7.16. The van der Waals surface area contributed by atoms with Crippen molar-refractivity contribution in [2.45, 2.75) is 0 Å². The number of anilines is 3. The predicted molar refractivity (Wildman–Crippen MR) is 195 cm³/mol. The molecule has 0 amide bonds. The predicted octanol–water partition coefficient (Wildman–Crippen LogP) is 11.2. The van der Waals surface area contributed by atoms with Crippen LogP contribution in [0.15, 0.2) is 182 Å². The summed E-state index contributed by atoms with van der Waals surface area (Å²) < 4.78 is 4.43. The molecule has 0 atom stereocenters. The Morgan fingerprint density at radius 2 is 1.06 bits per heavy atom. The van der Waals surface area contributed by atoms with Crippen molar-refractivity contribution in [3.8, 4) is 28.1 Å². The summed E-state index contributed by atoms with van der Waals surface area (Å²) in [5.41, 5.74) is 12.2. The molecule has 0 unspecified atom stereocenters. The van der Waals surface area contributed by atoms with Crippen LogP contribution in [0.3, 0.4) is 0 Å². The van der Waals surface area contributed by atoms with Gasteiger partial charge in [0.15, 0.2) is 0 Å². The van der Waals surface area contributed by atoms with Crippen LogP contribution in [-0.4, -0.2) is 14.0 Å². The Labute approximate surface area is 273 Å². The van der Waals surface area contributed by atoms with Crippen LogP contribution in [0.25, 0.3) is 55.5 Å². The van der Waals surface area contributed by atoms with E-state index >= 15 is 0 Å². The number of nitrogens with zero attached hydrogens (tertiary/aromatic N) is 4. The molecule has 0 aliphatic carbocycles. The maximum atomic E-state index is 4.83. The second-order valence-electron chi connectivity index (χ2n) is 11.8. The highest BCUT2D eigenvalue weighted by atomic mass is 15.1. The number of rotatable bonds is 6. The van der Waals surface area contributed by atoms with E-state index in [4.69, 9.17) is 4.98 Å². The van der Waals surface area contributed by atoms with Crippen molar-refractivity contribution in [1.82, 2.24) is 14.0 Å². The Kier molecular flexibility index (Phi) is 6.43. The number of benzene rings is 6. The van der Waals surface area contributed by atoms with Gasteiger partial charge in [-0.15, -0.1) is 0 Å². The van der Waals surface area contributed by atoms with Gasteiger partial charge in [0.05, 0.1) is 16.7 Å². The fraction of sp³-hybridized carbons (Fsp3) is 0. The van der Waals surface area contributed by atoms with E-state index in [1.54, 1.807) is 0 Å². The topological polar surface area (TPSA) is 25.5 Å². The van der Waals surface area contributed by atoms with Crippen molar-refractivity contribution in [1.29, 1.82) is 0 Å². The van der Waals surface area contributed by atoms with Gasteiger partial charge in [-0.3, -0.25) is 0 Å². The van der Waals surface area contributed by atoms with Crippen molar-refractivity contribution >= 4 is 44.5 Å². The molecule has 4 heteroatoms. The molecule has 3 aromatic heterocycles. The van der Waals surface area contributed by atoms with Crippen LogP contribution in [0.1, 0.15) is 0 Å². The average Bonchev–Trinajstić information content (AvgIpc) is 3.73. The minimum absolute atomic E-state index is 0.942. The third-order valence-electron chi connectivity index (χ3n) is 8.95. The highest BCUT2D eigenvalue weighted by Crippen LogP contribution is 2.40. The van der Waals surface area contributed by atoms with Crippen LogP contribution < -0.4 is 4.90 Å². The summed E-state index contributed by atoms with van der Waals surface area (Å²) >= 11 is 0. The molecule has 3 heterocycles. The number of aromatic nitrogens is 3. The summed E-state index contributed by atoms with van der Waals surface area (Å²) in [7, 11) is 0. The minimum Gasteiger partial charge on any atom is -0.310 e. The van der Waals surface area contributed by atoms with Gasteiger partial charge in [0, 0.05) is 51.5 Å². The highest BCUT2D eigenvalue weighted by Gasteiger charge is 2.17. The molecule has 9 aromatic rings. The monoisotopic (exact) mass is 602 g/mol. The van der Waals surface area contributed by atoms with Crippen LogP contribution >= 0.6 is 0 Å². The Hall–Kier alpha value is -6.39. The van der Waals surface area contributed by atoms with Crippen LogP contribution in [0.4, 0.5) is 17.1 Å². The molecular formula is C43H30N4. The molecule has 0 saturated carbocycles. The number of hydrogen-bond acceptors (Lipinski definition) is 2. The summed E-state index contributed by atoms with van der Waals surface area (Å²) in [6.45, 7) is 0. The second kappa shape index (κ2) is 11.2. The van der Waals surface area contributed by atoms with Gasteiger partial charge < -0.3 is 13.9 Å². The van der Waals surface area contributed by atoms with E-state index in [-0.39, 0.29) is 0 Å². The van der Waals surface area contributed by atoms with Gasteiger partial charge in [-0.05, 0) is 83.9 Å². The van der Waals surface area contributed by atoms with Crippen molar-refractivity contribution < 1.29 is 0 Å². The Balaban J connectivity index is 1.15. The molecule has 0 fully saturated rings. The summed E-state index contributed by atoms with van der Waals surface area (Å²) in [6.07, 6.45) is 4.11. The van der Waals surface area contributed by atoms with Gasteiger partial charge >= 0.3 is 0 Å². The first kappa shape index (κ1) is 27.0. The molecule has 222 valence electrons. The first-order valence-corrected chi connectivity index (χ1v) is 15.9. The van der Waals surface area contributed by atoms with Gasteiger partial charge in [0.25, 0.3) is 0 Å². The molecule has 0 aliphatic rings. The number of para-hydroxylation sites is 2. The Bertz CT molecular complexity index is 2460. The first-order chi connectivity index (χ1) is 23.3. The summed E-state index contributed by atoms with van der Waals surface area (Å²) in [5.74, 6) is 0. The number of imidazole rings is 1. The third kappa shape index (κ3) is 4.75. The quantitative estimate of drug-likeness (QED) is 0.189. The normalized spacial score (nSPS) is 11.4. The lowest BCUT2D eigenvalue weighted by molar-refractivity contribution is 1.18. The number of fused-ring (bicyclic) bond motifs is 4. The third-order valence-corrected chi connectivity index (χ3v) is 8.95. The van der Waals surface area contributed by atoms with E-state index < -0.39 is 0 Å². The second-order valence-corrected chi connectivity index (χ2v) is 11.8. The van der Waals surface area contributed by atoms with Gasteiger partial charge in [0.2, 0.25) is 0 Å². The molecular weight excluding hydrogens is 573 g/mol. The molecule has 0 spiro atoms. The largest absolute Gasteiger partial charge is 0.310 e. The molecule has 9 rings (SSSR count). The zero-order valence-corrected chi connectivity index (χ0v) is 25.6. The number of pyridine rings is 1. The van der Waals surface area contributed by atoms with Crippen LogP contribution in [-0.2, 0) is 0 Å². The van der Waals surface area contributed by atoms with Crippen molar-refractivity contribution in [3.63, 3.8) is 0 Å². The first-order valence-electron chi connectivity index (χ1n) is 15.9. The smallest absolute Gasteiger partial charge is 0.137 e. The van der Waals surface area contributed by atoms with Gasteiger partial charge in [-0.1, -0.05) is 97.1 Å². The maximum absolute atomic E-state index is 4.83. The van der Waals surface area contributed by atoms with Crippen molar-refractivity contribution in [3.05, 3.63) is 182 Å². The van der Waals surface area contributed by atoms with Crippen molar-refractivity contribution in [2.75, 3.05) is 4.90 Å². The molecule has 47 heavy (non-hydrogen) atoms. The SMILES string of the molecule is c1ccc(-c2ccc(-n3c4ccccc4c4cc(N(c5ccccc5)c5ccc(-c6cn7ccccc7n6)cc5)ccc43)cc2)cc1. The van der Waals surface area contributed by atoms with Crippen LogP contribution in [0.5, 0.6) is 0 Å². The Morgan fingerprint density at radius 3 is 1.85 bits per heavy atom. The highest BCUT2D eigenvalue weighted by molar-refractivity contribution is 6.10. The molecule has 0 bridgehead atoms. The summed E-state index contributed by atoms with van der Waals surface area (Å²) in [6, 6.07) is 60.3. The van der Waals surface area contributed by atoms with Crippen LogP contribution in [0, 0.1) is 0 Å². The molecule has 4 nitrogen and oxygen atoms in total. The van der Waals surface area contributed by atoms with Crippen molar-refractivity contribution in [2.24, 2.45) is 0 Å². The van der Waals surface area contributed by atoms with E-state index in [2.05, 4.69) is 172 Å². The lowest BCUT2D eigenvalue weighted by Crippen LogP contribution is -2.09. The van der Waals surface area contributed by atoms with Gasteiger partial charge in [-0.2, -0.15) is 0 Å². The number of hydrogen-bond donors (Lipinski definition) is 0. The fourth-order valence-electron chi connectivity index (χ4n) is 6.69. The lowest BCUT2D eigenvalue weighted by atomic mass is 10.1. The minimum atomic E-state index is 0.942. The van der Waals surface area contributed by atoms with E-state index in [1.165, 1.54) is 32.9 Å². The van der Waals surface area contributed by atoms with E-state index in [0.29, 0.717) is 0 Å². The average molecular weight is 603 g/mol. The molecule has 0 saturated heterocycles. The molecule has 0 N–H and O–H groups in total. The lowest BCUT2D eigenvalue weighted by Gasteiger charge is -2.26. The summed E-state index contributed by atoms with van der Waals surface area (Å²) in [5, 5.41) is 2.44. The van der Waals surface area contributed by atoms with Gasteiger partial charge in [0.1, 0.15) is 5.65 Å². The standard InChI is InChI=1S/C43H30N4/c1-3-11-31(12-4-1)32-18-22-36(23-19-32)47-41-16-8-7-15-38(41)39-29-37(26-27-42(39)47)46(34-13-5-2-6-14-34)35-24-20-33(21-25-35)40-30-45-28-10-9-17-43(45)44-40/h1-30H. The maximum Gasteiger partial charge on any atom is 0.137 e. The zero-order valence-electron chi connectivity index (χ0n) is 25.6. The zero-order chi connectivity index (χ0) is 31.2. The fourth-order valence-corrected chi connectivity index (χ4v) is 6.69.